The van der Waals surface area contributed by atoms with E-state index >= 15 is 0 Å². The lowest BCUT2D eigenvalue weighted by Crippen LogP contribution is -2.86. The van der Waals surface area contributed by atoms with Crippen molar-refractivity contribution in [2.75, 3.05) is 58.8 Å². The maximum atomic E-state index is 13.0. The van der Waals surface area contributed by atoms with Crippen molar-refractivity contribution in [3.05, 3.63) is 29.8 Å². The Morgan fingerprint density at radius 2 is 1.72 bits per heavy atom. The molecule has 0 radical (unpaired) electrons. The maximum Gasteiger partial charge on any atom is 0.330 e. The van der Waals surface area contributed by atoms with Crippen molar-refractivity contribution in [2.24, 2.45) is 5.92 Å². The van der Waals surface area contributed by atoms with Gasteiger partial charge in [-0.25, -0.2) is 4.79 Å². The van der Waals surface area contributed by atoms with Crippen LogP contribution in [-0.2, 0) is 14.3 Å². The fourth-order valence-electron chi connectivity index (χ4n) is 4.06. The van der Waals surface area contributed by atoms with E-state index in [0.29, 0.717) is 18.7 Å². The molecule has 0 aromatic heterocycles. The topological polar surface area (TPSA) is 86.8 Å². The zero-order valence-corrected chi connectivity index (χ0v) is 17.5. The Kier molecular flexibility index (Phi) is 6.74. The molecular formula is C21H31N4O4+. The van der Waals surface area contributed by atoms with Crippen LogP contribution in [0.15, 0.2) is 24.3 Å². The van der Waals surface area contributed by atoms with Crippen LogP contribution in [0.25, 0.3) is 0 Å². The molecule has 2 amide bonds. The first-order valence-corrected chi connectivity index (χ1v) is 10.2. The molecule has 29 heavy (non-hydrogen) atoms. The highest BCUT2D eigenvalue weighted by Crippen LogP contribution is 2.21. The predicted molar refractivity (Wildman–Crippen MR) is 109 cm³/mol. The number of benzene rings is 1. The Balaban J connectivity index is 1.72. The van der Waals surface area contributed by atoms with Crippen LogP contribution in [-0.4, -0.2) is 87.6 Å². The summed E-state index contributed by atoms with van der Waals surface area (Å²) in [5.74, 6) is -0.645. The third kappa shape index (κ3) is 4.70. The molecule has 0 spiro atoms. The molecule has 8 heteroatoms. The quantitative estimate of drug-likeness (QED) is 0.689. The van der Waals surface area contributed by atoms with Gasteiger partial charge in [-0.3, -0.25) is 9.59 Å². The van der Waals surface area contributed by atoms with Crippen LogP contribution in [0, 0.1) is 5.92 Å². The second-order valence-corrected chi connectivity index (χ2v) is 7.90. The standard InChI is InChI=1S/C21H30N4O4/c1-23(2)17-6-4-15(5-7-17)19(26)24-12-13-25(18(14-24)21(28)29-3)20(27)16-8-10-22-11-9-16/h4-7,16,18,22H,8-14H2,1-3H3/p+1/t18-/m1/s1. The Hall–Kier alpha value is -2.61. The number of carbonyl (C=O) groups is 3. The van der Waals surface area contributed by atoms with E-state index in [1.807, 2.05) is 31.1 Å². The number of piperazine rings is 1. The molecule has 0 aliphatic carbocycles. The van der Waals surface area contributed by atoms with E-state index in [0.717, 1.165) is 31.6 Å². The van der Waals surface area contributed by atoms with Crippen LogP contribution >= 0.6 is 0 Å². The van der Waals surface area contributed by atoms with Crippen molar-refractivity contribution in [2.45, 2.75) is 18.9 Å². The molecule has 0 bridgehead atoms. The van der Waals surface area contributed by atoms with E-state index in [2.05, 4.69) is 5.32 Å². The fourth-order valence-corrected chi connectivity index (χ4v) is 4.06. The molecule has 2 N–H and O–H groups in total. The first-order chi connectivity index (χ1) is 13.9. The van der Waals surface area contributed by atoms with Crippen molar-refractivity contribution < 1.29 is 24.4 Å². The van der Waals surface area contributed by atoms with Crippen LogP contribution in [0.4, 0.5) is 5.69 Å². The molecule has 2 aliphatic rings. The summed E-state index contributed by atoms with van der Waals surface area (Å²) >= 11 is 0. The summed E-state index contributed by atoms with van der Waals surface area (Å²) in [6.07, 6.45) is 1.65. The molecule has 1 atom stereocenters. The average molecular weight is 404 g/mol. The number of rotatable bonds is 4. The predicted octanol–water partition coefficient (Wildman–Crippen LogP) is -0.448. The summed E-state index contributed by atoms with van der Waals surface area (Å²) in [7, 11) is 5.21. The SMILES string of the molecule is COC(=O)[C@H]1CN(C(=O)c2ccc(N(C)C)cc2)CCN1C(=O)C1CC[NH2+]CC1. The number of amides is 2. The van der Waals surface area contributed by atoms with Gasteiger partial charge in [-0.15, -0.1) is 0 Å². The number of methoxy groups -OCH3 is 1. The number of hydrogen-bond acceptors (Lipinski definition) is 5. The molecule has 3 rings (SSSR count). The van der Waals surface area contributed by atoms with Crippen LogP contribution in [0.3, 0.4) is 0 Å². The van der Waals surface area contributed by atoms with Crippen molar-refractivity contribution >= 4 is 23.5 Å². The van der Waals surface area contributed by atoms with E-state index in [4.69, 9.17) is 4.74 Å². The molecule has 0 unspecified atom stereocenters. The van der Waals surface area contributed by atoms with Gasteiger partial charge in [0.15, 0.2) is 0 Å². The summed E-state index contributed by atoms with van der Waals surface area (Å²) in [6.45, 7) is 2.78. The van der Waals surface area contributed by atoms with Crippen molar-refractivity contribution in [1.29, 1.82) is 0 Å². The highest BCUT2D eigenvalue weighted by Gasteiger charge is 2.40. The number of hydrogen-bond donors (Lipinski definition) is 1. The monoisotopic (exact) mass is 403 g/mol. The summed E-state index contributed by atoms with van der Waals surface area (Å²) in [5.41, 5.74) is 1.58. The van der Waals surface area contributed by atoms with E-state index in [9.17, 15) is 14.4 Å². The molecule has 2 heterocycles. The third-order valence-corrected chi connectivity index (χ3v) is 5.84. The molecule has 158 valence electrons. The van der Waals surface area contributed by atoms with E-state index in [1.54, 1.807) is 21.9 Å². The van der Waals surface area contributed by atoms with E-state index in [1.165, 1.54) is 7.11 Å². The van der Waals surface area contributed by atoms with Gasteiger partial charge in [0.2, 0.25) is 5.91 Å². The number of ether oxygens (including phenoxy) is 1. The van der Waals surface area contributed by atoms with Crippen LogP contribution < -0.4 is 10.2 Å². The lowest BCUT2D eigenvalue weighted by atomic mass is 9.95. The summed E-state index contributed by atoms with van der Waals surface area (Å²) in [6, 6.07) is 6.62. The van der Waals surface area contributed by atoms with Gasteiger partial charge in [0.1, 0.15) is 6.04 Å². The minimum Gasteiger partial charge on any atom is -0.467 e. The number of esters is 1. The number of nitrogens with two attached hydrogens (primary N) is 1. The van der Waals surface area contributed by atoms with Crippen molar-refractivity contribution in [3.8, 4) is 0 Å². The Morgan fingerprint density at radius 3 is 2.31 bits per heavy atom. The molecule has 2 aliphatic heterocycles. The van der Waals surface area contributed by atoms with Crippen LogP contribution in [0.2, 0.25) is 0 Å². The summed E-state index contributed by atoms with van der Waals surface area (Å²) in [4.78, 5) is 43.7. The highest BCUT2D eigenvalue weighted by molar-refractivity contribution is 5.95. The molecule has 2 fully saturated rings. The largest absolute Gasteiger partial charge is 0.467 e. The molecule has 2 saturated heterocycles. The number of anilines is 1. The first-order valence-electron chi connectivity index (χ1n) is 10.2. The van der Waals surface area contributed by atoms with E-state index < -0.39 is 12.0 Å². The minimum atomic E-state index is -0.753. The van der Waals surface area contributed by atoms with Crippen molar-refractivity contribution in [3.63, 3.8) is 0 Å². The molecule has 8 nitrogen and oxygen atoms in total. The summed E-state index contributed by atoms with van der Waals surface area (Å²) < 4.78 is 4.95. The van der Waals surface area contributed by atoms with Gasteiger partial charge in [0.25, 0.3) is 5.91 Å². The zero-order chi connectivity index (χ0) is 21.0. The van der Waals surface area contributed by atoms with Gasteiger partial charge in [0.05, 0.1) is 26.7 Å². The summed E-state index contributed by atoms with van der Waals surface area (Å²) in [5, 5.41) is 2.21. The third-order valence-electron chi connectivity index (χ3n) is 5.84. The second-order valence-electron chi connectivity index (χ2n) is 7.90. The van der Waals surface area contributed by atoms with Crippen LogP contribution in [0.5, 0.6) is 0 Å². The fraction of sp³-hybridized carbons (Fsp3) is 0.571. The smallest absolute Gasteiger partial charge is 0.330 e. The van der Waals surface area contributed by atoms with Gasteiger partial charge in [-0.05, 0) is 24.3 Å². The lowest BCUT2D eigenvalue weighted by Gasteiger charge is -2.41. The van der Waals surface area contributed by atoms with Crippen LogP contribution in [0.1, 0.15) is 23.2 Å². The highest BCUT2D eigenvalue weighted by atomic mass is 16.5. The van der Waals surface area contributed by atoms with Gasteiger partial charge in [-0.2, -0.15) is 0 Å². The van der Waals surface area contributed by atoms with Crippen molar-refractivity contribution in [1.82, 2.24) is 9.80 Å². The lowest BCUT2D eigenvalue weighted by molar-refractivity contribution is -0.664. The van der Waals surface area contributed by atoms with Gasteiger partial charge < -0.3 is 24.8 Å². The second kappa shape index (κ2) is 9.26. The molecule has 0 saturated carbocycles. The molecular weight excluding hydrogens is 372 g/mol. The molecule has 1 aromatic carbocycles. The number of carbonyl (C=O) groups excluding carboxylic acids is 3. The minimum absolute atomic E-state index is 0.0101. The number of quaternary nitrogens is 1. The maximum absolute atomic E-state index is 13.0. The molecule has 1 aromatic rings. The van der Waals surface area contributed by atoms with Gasteiger partial charge in [-0.1, -0.05) is 0 Å². The van der Waals surface area contributed by atoms with Gasteiger partial charge in [0, 0.05) is 57.2 Å². The Bertz CT molecular complexity index is 744. The van der Waals surface area contributed by atoms with Gasteiger partial charge >= 0.3 is 5.97 Å². The normalized spacial score (nSPS) is 20.3. The zero-order valence-electron chi connectivity index (χ0n) is 17.5. The average Bonchev–Trinajstić information content (AvgIpc) is 2.77. The Morgan fingerprint density at radius 1 is 1.07 bits per heavy atom. The number of nitrogens with zero attached hydrogens (tertiary/aromatic N) is 3. The van der Waals surface area contributed by atoms with E-state index in [-0.39, 0.29) is 24.3 Å². The first kappa shape index (κ1) is 21.1. The number of piperidine rings is 1. The Labute approximate surface area is 171 Å².